The molecule has 1 saturated heterocycles. The Morgan fingerprint density at radius 3 is 2.62 bits per heavy atom. The number of hydrogen-bond donors (Lipinski definition) is 1. The zero-order valence-corrected chi connectivity index (χ0v) is 15.2. The minimum absolute atomic E-state index is 0. The summed E-state index contributed by atoms with van der Waals surface area (Å²) in [6.07, 6.45) is 2.40. The van der Waals surface area contributed by atoms with E-state index in [1.807, 2.05) is 0 Å². The summed E-state index contributed by atoms with van der Waals surface area (Å²) >= 11 is 0. The van der Waals surface area contributed by atoms with Crippen molar-refractivity contribution in [2.75, 3.05) is 13.7 Å². The lowest BCUT2D eigenvalue weighted by Gasteiger charge is -2.34. The van der Waals surface area contributed by atoms with E-state index in [9.17, 15) is 0 Å². The van der Waals surface area contributed by atoms with Gasteiger partial charge in [0.1, 0.15) is 5.75 Å². The fourth-order valence-electron chi connectivity index (χ4n) is 4.75. The van der Waals surface area contributed by atoms with Crippen LogP contribution < -0.4 is 10.1 Å². The second-order valence-electron chi connectivity index (χ2n) is 6.97. The maximum Gasteiger partial charge on any atom is 0.122 e. The lowest BCUT2D eigenvalue weighted by Crippen LogP contribution is -2.34. The van der Waals surface area contributed by atoms with E-state index in [4.69, 9.17) is 4.74 Å². The minimum Gasteiger partial charge on any atom is -0.496 e. The van der Waals surface area contributed by atoms with Crippen LogP contribution in [-0.4, -0.2) is 19.7 Å². The highest BCUT2D eigenvalue weighted by molar-refractivity contribution is 5.85. The predicted molar refractivity (Wildman–Crippen MR) is 101 cm³/mol. The SMILES string of the molecule is COc1cccc2c1CC[C@H]1C([C@@H](C)c3ccccc3)NC[C@@H]21.Cl. The normalized spacial score (nSPS) is 26.0. The quantitative estimate of drug-likeness (QED) is 0.883. The maximum atomic E-state index is 5.58. The topological polar surface area (TPSA) is 21.3 Å². The molecular weight excluding hydrogens is 318 g/mol. The lowest BCUT2D eigenvalue weighted by molar-refractivity contribution is 0.335. The van der Waals surface area contributed by atoms with Crippen LogP contribution in [0.2, 0.25) is 0 Å². The van der Waals surface area contributed by atoms with Crippen LogP contribution in [0.4, 0.5) is 0 Å². The Balaban J connectivity index is 0.00000169. The molecule has 2 nitrogen and oxygen atoms in total. The van der Waals surface area contributed by atoms with Gasteiger partial charge in [-0.3, -0.25) is 0 Å². The van der Waals surface area contributed by atoms with Gasteiger partial charge in [0.2, 0.25) is 0 Å². The van der Waals surface area contributed by atoms with Crippen LogP contribution in [0, 0.1) is 5.92 Å². The van der Waals surface area contributed by atoms with Crippen molar-refractivity contribution in [2.45, 2.75) is 37.6 Å². The number of methoxy groups -OCH3 is 1. The molecular formula is C21H26ClNO. The standard InChI is InChI=1S/C21H25NO.ClH/c1-14(15-7-4-3-5-8-15)21-18-12-11-17-16(19(18)13-22-21)9-6-10-20(17)23-2;/h3-10,14,18-19,21-22H,11-13H2,1-2H3;1H/t14-,18+,19-,21?;/m0./s1. The Hall–Kier alpha value is -1.51. The van der Waals surface area contributed by atoms with Crippen LogP contribution in [0.3, 0.4) is 0 Å². The summed E-state index contributed by atoms with van der Waals surface area (Å²) in [5, 5.41) is 3.83. The van der Waals surface area contributed by atoms with Gasteiger partial charge < -0.3 is 10.1 Å². The Morgan fingerprint density at radius 1 is 1.08 bits per heavy atom. The van der Waals surface area contributed by atoms with Gasteiger partial charge in [0.25, 0.3) is 0 Å². The molecule has 2 aromatic rings. The Kier molecular flexibility index (Phi) is 5.17. The number of ether oxygens (including phenoxy) is 1. The lowest BCUT2D eigenvalue weighted by atomic mass is 9.71. The summed E-state index contributed by atoms with van der Waals surface area (Å²) in [5.74, 6) is 2.98. The highest BCUT2D eigenvalue weighted by Gasteiger charge is 2.42. The molecule has 1 aliphatic carbocycles. The number of fused-ring (bicyclic) bond motifs is 3. The zero-order chi connectivity index (χ0) is 15.8. The number of halogens is 1. The van der Waals surface area contributed by atoms with Crippen molar-refractivity contribution in [3.05, 3.63) is 65.2 Å². The van der Waals surface area contributed by atoms with Crippen molar-refractivity contribution < 1.29 is 4.74 Å². The first kappa shape index (κ1) is 17.3. The fraction of sp³-hybridized carbons (Fsp3) is 0.429. The van der Waals surface area contributed by atoms with Gasteiger partial charge in [0, 0.05) is 18.5 Å². The second-order valence-corrected chi connectivity index (χ2v) is 6.97. The molecule has 0 radical (unpaired) electrons. The predicted octanol–water partition coefficient (Wildman–Crippen LogP) is 4.54. The van der Waals surface area contributed by atoms with Gasteiger partial charge >= 0.3 is 0 Å². The largest absolute Gasteiger partial charge is 0.496 e. The molecule has 1 fully saturated rings. The highest BCUT2D eigenvalue weighted by atomic mass is 35.5. The summed E-state index contributed by atoms with van der Waals surface area (Å²) < 4.78 is 5.58. The molecule has 1 unspecified atom stereocenters. The number of nitrogens with one attached hydrogen (secondary N) is 1. The summed E-state index contributed by atoms with van der Waals surface area (Å²) in [6, 6.07) is 18.1. The van der Waals surface area contributed by atoms with Crippen LogP contribution in [0.1, 0.15) is 41.9 Å². The highest BCUT2D eigenvalue weighted by Crippen LogP contribution is 2.46. The Labute approximate surface area is 151 Å². The molecule has 1 aliphatic heterocycles. The average molecular weight is 344 g/mol. The summed E-state index contributed by atoms with van der Waals surface area (Å²) in [4.78, 5) is 0. The maximum absolute atomic E-state index is 5.58. The molecule has 0 aromatic heterocycles. The van der Waals surface area contributed by atoms with Crippen molar-refractivity contribution >= 4 is 12.4 Å². The van der Waals surface area contributed by atoms with Gasteiger partial charge in [-0.1, -0.05) is 49.4 Å². The van der Waals surface area contributed by atoms with E-state index >= 15 is 0 Å². The van der Waals surface area contributed by atoms with Gasteiger partial charge in [-0.25, -0.2) is 0 Å². The molecule has 3 heteroatoms. The van der Waals surface area contributed by atoms with Crippen LogP contribution >= 0.6 is 12.4 Å². The van der Waals surface area contributed by atoms with E-state index in [-0.39, 0.29) is 12.4 Å². The van der Waals surface area contributed by atoms with Crippen molar-refractivity contribution in [1.29, 1.82) is 0 Å². The molecule has 0 amide bonds. The van der Waals surface area contributed by atoms with Gasteiger partial charge in [0.05, 0.1) is 7.11 Å². The number of hydrogen-bond acceptors (Lipinski definition) is 2. The van der Waals surface area contributed by atoms with Crippen LogP contribution in [0.5, 0.6) is 5.75 Å². The third kappa shape index (κ3) is 2.82. The molecule has 2 aromatic carbocycles. The summed E-state index contributed by atoms with van der Waals surface area (Å²) in [7, 11) is 1.79. The van der Waals surface area contributed by atoms with Crippen LogP contribution in [0.15, 0.2) is 48.5 Å². The molecule has 0 bridgehead atoms. The molecule has 4 rings (SSSR count). The Bertz CT molecular complexity index is 687. The van der Waals surface area contributed by atoms with Crippen molar-refractivity contribution in [3.63, 3.8) is 0 Å². The molecule has 24 heavy (non-hydrogen) atoms. The molecule has 2 aliphatic rings. The molecule has 1 N–H and O–H groups in total. The minimum atomic E-state index is 0. The second kappa shape index (κ2) is 7.16. The van der Waals surface area contributed by atoms with Crippen molar-refractivity contribution in [2.24, 2.45) is 5.92 Å². The third-order valence-corrected chi connectivity index (χ3v) is 5.93. The van der Waals surface area contributed by atoms with E-state index in [1.165, 1.54) is 23.1 Å². The molecule has 4 atom stereocenters. The van der Waals surface area contributed by atoms with E-state index < -0.39 is 0 Å². The number of rotatable bonds is 3. The van der Waals surface area contributed by atoms with Gasteiger partial charge in [-0.15, -0.1) is 12.4 Å². The first-order valence-corrected chi connectivity index (χ1v) is 8.73. The van der Waals surface area contributed by atoms with Gasteiger partial charge in [0.15, 0.2) is 0 Å². The average Bonchev–Trinajstić information content (AvgIpc) is 3.05. The molecule has 128 valence electrons. The van der Waals surface area contributed by atoms with Crippen LogP contribution in [-0.2, 0) is 6.42 Å². The van der Waals surface area contributed by atoms with Crippen molar-refractivity contribution in [3.8, 4) is 5.75 Å². The fourth-order valence-corrected chi connectivity index (χ4v) is 4.75. The molecule has 0 spiro atoms. The number of benzene rings is 2. The van der Waals surface area contributed by atoms with E-state index in [1.54, 1.807) is 7.11 Å². The van der Waals surface area contributed by atoms with Gasteiger partial charge in [-0.2, -0.15) is 0 Å². The first-order valence-electron chi connectivity index (χ1n) is 8.73. The third-order valence-electron chi connectivity index (χ3n) is 5.93. The van der Waals surface area contributed by atoms with Gasteiger partial charge in [-0.05, 0) is 47.4 Å². The zero-order valence-electron chi connectivity index (χ0n) is 14.4. The monoisotopic (exact) mass is 343 g/mol. The molecule has 1 heterocycles. The smallest absolute Gasteiger partial charge is 0.122 e. The summed E-state index contributed by atoms with van der Waals surface area (Å²) in [6.45, 7) is 3.46. The van der Waals surface area contributed by atoms with E-state index in [0.717, 1.165) is 24.6 Å². The van der Waals surface area contributed by atoms with E-state index in [2.05, 4.69) is 60.8 Å². The van der Waals surface area contributed by atoms with Crippen LogP contribution in [0.25, 0.3) is 0 Å². The Morgan fingerprint density at radius 2 is 1.88 bits per heavy atom. The summed E-state index contributed by atoms with van der Waals surface area (Å²) in [5.41, 5.74) is 4.39. The van der Waals surface area contributed by atoms with Crippen molar-refractivity contribution in [1.82, 2.24) is 5.32 Å². The first-order chi connectivity index (χ1) is 11.3. The van der Waals surface area contributed by atoms with E-state index in [0.29, 0.717) is 17.9 Å². The molecule has 0 saturated carbocycles.